The first-order chi connectivity index (χ1) is 8.74. The van der Waals surface area contributed by atoms with Gasteiger partial charge in [0, 0.05) is 25.7 Å². The fourth-order valence-electron chi connectivity index (χ4n) is 3.18. The smallest absolute Gasteiger partial charge is 0.137 e. The Labute approximate surface area is 116 Å². The number of halogens is 2. The van der Waals surface area contributed by atoms with E-state index >= 15 is 0 Å². The quantitative estimate of drug-likeness (QED) is 0.903. The molecule has 0 spiro atoms. The second-order valence-corrected chi connectivity index (χ2v) is 6.16. The number of piperidine rings is 1. The van der Waals surface area contributed by atoms with Gasteiger partial charge in [-0.25, -0.2) is 4.39 Å². The molecule has 2 nitrogen and oxygen atoms in total. The van der Waals surface area contributed by atoms with Crippen molar-refractivity contribution in [1.82, 2.24) is 10.2 Å². The molecule has 0 saturated carbocycles. The lowest BCUT2D eigenvalue weighted by Crippen LogP contribution is -2.40. The lowest BCUT2D eigenvalue weighted by Gasteiger charge is -2.24. The molecule has 2 heterocycles. The maximum Gasteiger partial charge on any atom is 0.137 e. The summed E-state index contributed by atoms with van der Waals surface area (Å²) < 4.78 is 14.1. The zero-order valence-electron chi connectivity index (χ0n) is 10.3. The van der Waals surface area contributed by atoms with Gasteiger partial charge in [0.25, 0.3) is 0 Å². The molecule has 2 unspecified atom stereocenters. The number of hydrogen-bond acceptors (Lipinski definition) is 2. The van der Waals surface area contributed by atoms with Crippen molar-refractivity contribution >= 4 is 15.9 Å². The van der Waals surface area contributed by atoms with Crippen LogP contribution in [-0.2, 0) is 6.54 Å². The van der Waals surface area contributed by atoms with E-state index in [1.54, 1.807) is 6.07 Å². The van der Waals surface area contributed by atoms with Crippen molar-refractivity contribution < 1.29 is 4.39 Å². The van der Waals surface area contributed by atoms with E-state index in [-0.39, 0.29) is 5.82 Å². The van der Waals surface area contributed by atoms with Gasteiger partial charge in [0.05, 0.1) is 4.47 Å². The molecule has 2 saturated heterocycles. The van der Waals surface area contributed by atoms with Gasteiger partial charge in [-0.1, -0.05) is 12.1 Å². The standard InChI is InChI=1S/C14H18BrFN2/c15-14-11(3-1-5-12(14)16)8-18-7-10-4-2-6-17-13(10)9-18/h1,3,5,10,13,17H,2,4,6-9H2. The normalized spacial score (nSPS) is 28.3. The predicted molar refractivity (Wildman–Crippen MR) is 73.9 cm³/mol. The molecule has 3 rings (SSSR count). The summed E-state index contributed by atoms with van der Waals surface area (Å²) in [5, 5.41) is 3.60. The highest BCUT2D eigenvalue weighted by molar-refractivity contribution is 9.10. The van der Waals surface area contributed by atoms with Crippen LogP contribution in [0.3, 0.4) is 0 Å². The highest BCUT2D eigenvalue weighted by atomic mass is 79.9. The molecule has 18 heavy (non-hydrogen) atoms. The number of nitrogens with zero attached hydrogens (tertiary/aromatic N) is 1. The zero-order chi connectivity index (χ0) is 12.5. The lowest BCUT2D eigenvalue weighted by atomic mass is 9.94. The van der Waals surface area contributed by atoms with E-state index in [0.29, 0.717) is 10.5 Å². The Morgan fingerprint density at radius 2 is 2.28 bits per heavy atom. The van der Waals surface area contributed by atoms with Crippen LogP contribution in [-0.4, -0.2) is 30.6 Å². The first-order valence-electron chi connectivity index (χ1n) is 6.62. The molecule has 0 bridgehead atoms. The predicted octanol–water partition coefficient (Wildman–Crippen LogP) is 2.77. The van der Waals surface area contributed by atoms with Gasteiger partial charge in [0.15, 0.2) is 0 Å². The highest BCUT2D eigenvalue weighted by Gasteiger charge is 2.34. The first kappa shape index (κ1) is 12.6. The molecule has 98 valence electrons. The van der Waals surface area contributed by atoms with Gasteiger partial charge in [0.1, 0.15) is 5.82 Å². The molecule has 0 amide bonds. The van der Waals surface area contributed by atoms with Crippen LogP contribution in [0.25, 0.3) is 0 Å². The molecular weight excluding hydrogens is 295 g/mol. The molecule has 1 N–H and O–H groups in total. The molecule has 0 radical (unpaired) electrons. The number of benzene rings is 1. The van der Waals surface area contributed by atoms with Gasteiger partial charge in [-0.2, -0.15) is 0 Å². The first-order valence-corrected chi connectivity index (χ1v) is 7.42. The highest BCUT2D eigenvalue weighted by Crippen LogP contribution is 2.28. The number of likely N-dealkylation sites (tertiary alicyclic amines) is 1. The molecule has 2 aliphatic heterocycles. The largest absolute Gasteiger partial charge is 0.312 e. The zero-order valence-corrected chi connectivity index (χ0v) is 11.9. The summed E-state index contributed by atoms with van der Waals surface area (Å²) in [6.45, 7) is 4.22. The van der Waals surface area contributed by atoms with Gasteiger partial charge in [0.2, 0.25) is 0 Å². The van der Waals surface area contributed by atoms with Crippen LogP contribution >= 0.6 is 15.9 Å². The lowest BCUT2D eigenvalue weighted by molar-refractivity contribution is 0.311. The van der Waals surface area contributed by atoms with E-state index in [1.807, 2.05) is 6.07 Å². The molecule has 0 aromatic heterocycles. The minimum atomic E-state index is -0.165. The Bertz CT molecular complexity index is 424. The Balaban J connectivity index is 1.68. The summed E-state index contributed by atoms with van der Waals surface area (Å²) in [5.74, 6) is 0.619. The minimum absolute atomic E-state index is 0.165. The third-order valence-corrected chi connectivity index (χ3v) is 4.99. The van der Waals surface area contributed by atoms with Crippen LogP contribution in [0.5, 0.6) is 0 Å². The molecule has 4 heteroatoms. The molecule has 2 atom stereocenters. The summed E-state index contributed by atoms with van der Waals surface area (Å²) in [4.78, 5) is 2.44. The molecule has 0 aliphatic carbocycles. The Morgan fingerprint density at radius 3 is 3.11 bits per heavy atom. The summed E-state index contributed by atoms with van der Waals surface area (Å²) >= 11 is 3.35. The van der Waals surface area contributed by atoms with Gasteiger partial charge in [-0.15, -0.1) is 0 Å². The Kier molecular flexibility index (Phi) is 3.68. The van der Waals surface area contributed by atoms with Crippen LogP contribution < -0.4 is 5.32 Å². The fourth-order valence-corrected chi connectivity index (χ4v) is 3.57. The summed E-state index contributed by atoms with van der Waals surface area (Å²) in [6.07, 6.45) is 2.62. The SMILES string of the molecule is Fc1cccc(CN2CC3CCCNC3C2)c1Br. The summed E-state index contributed by atoms with van der Waals surface area (Å²) in [6, 6.07) is 5.93. The van der Waals surface area contributed by atoms with E-state index in [0.717, 1.165) is 37.7 Å². The second-order valence-electron chi connectivity index (χ2n) is 5.37. The second kappa shape index (κ2) is 5.27. The van der Waals surface area contributed by atoms with Crippen molar-refractivity contribution in [2.45, 2.75) is 25.4 Å². The fraction of sp³-hybridized carbons (Fsp3) is 0.571. The van der Waals surface area contributed by atoms with Crippen LogP contribution in [0.15, 0.2) is 22.7 Å². The number of rotatable bonds is 2. The number of nitrogens with one attached hydrogen (secondary N) is 1. The van der Waals surface area contributed by atoms with E-state index in [9.17, 15) is 4.39 Å². The molecule has 2 fully saturated rings. The third-order valence-electron chi connectivity index (χ3n) is 4.10. The molecule has 2 aliphatic rings. The third kappa shape index (κ3) is 2.46. The molecule has 1 aromatic rings. The summed E-state index contributed by atoms with van der Waals surface area (Å²) in [7, 11) is 0. The van der Waals surface area contributed by atoms with Crippen molar-refractivity contribution in [2.24, 2.45) is 5.92 Å². The Hall–Kier alpha value is -0.450. The molecule has 1 aromatic carbocycles. The topological polar surface area (TPSA) is 15.3 Å². The minimum Gasteiger partial charge on any atom is -0.312 e. The van der Waals surface area contributed by atoms with Crippen LogP contribution in [0.4, 0.5) is 4.39 Å². The number of fused-ring (bicyclic) bond motifs is 1. The van der Waals surface area contributed by atoms with Crippen molar-refractivity contribution in [2.75, 3.05) is 19.6 Å². The average Bonchev–Trinajstić information content (AvgIpc) is 2.77. The van der Waals surface area contributed by atoms with Crippen LogP contribution in [0.2, 0.25) is 0 Å². The summed E-state index contributed by atoms with van der Waals surface area (Å²) in [5.41, 5.74) is 1.05. The molecular formula is C14H18BrFN2. The maximum absolute atomic E-state index is 13.5. The van der Waals surface area contributed by atoms with Crippen LogP contribution in [0.1, 0.15) is 18.4 Å². The van der Waals surface area contributed by atoms with Crippen molar-refractivity contribution in [3.8, 4) is 0 Å². The van der Waals surface area contributed by atoms with E-state index in [2.05, 4.69) is 26.1 Å². The van der Waals surface area contributed by atoms with E-state index < -0.39 is 0 Å². The van der Waals surface area contributed by atoms with Gasteiger partial charge >= 0.3 is 0 Å². The van der Waals surface area contributed by atoms with Gasteiger partial charge in [-0.3, -0.25) is 4.90 Å². The Morgan fingerprint density at radius 1 is 1.39 bits per heavy atom. The van der Waals surface area contributed by atoms with Gasteiger partial charge < -0.3 is 5.32 Å². The maximum atomic E-state index is 13.5. The van der Waals surface area contributed by atoms with Crippen molar-refractivity contribution in [1.29, 1.82) is 0 Å². The average molecular weight is 313 g/mol. The van der Waals surface area contributed by atoms with Crippen molar-refractivity contribution in [3.63, 3.8) is 0 Å². The van der Waals surface area contributed by atoms with Crippen molar-refractivity contribution in [3.05, 3.63) is 34.1 Å². The van der Waals surface area contributed by atoms with E-state index in [1.165, 1.54) is 18.9 Å². The van der Waals surface area contributed by atoms with Crippen LogP contribution in [0, 0.1) is 11.7 Å². The number of hydrogen-bond donors (Lipinski definition) is 1. The van der Waals surface area contributed by atoms with E-state index in [4.69, 9.17) is 0 Å². The monoisotopic (exact) mass is 312 g/mol. The van der Waals surface area contributed by atoms with Gasteiger partial charge in [-0.05, 0) is 52.9 Å².